The Morgan fingerprint density at radius 1 is 1.28 bits per heavy atom. The number of para-hydroxylation sites is 1. The van der Waals surface area contributed by atoms with Crippen LogP contribution in [0.3, 0.4) is 0 Å². The van der Waals surface area contributed by atoms with Gasteiger partial charge in [0.15, 0.2) is 0 Å². The molecule has 0 aliphatic heterocycles. The topological polar surface area (TPSA) is 50.9 Å². The van der Waals surface area contributed by atoms with Gasteiger partial charge in [-0.15, -0.1) is 5.10 Å². The smallest absolute Gasteiger partial charge is 0.0735 e. The van der Waals surface area contributed by atoms with Gasteiger partial charge in [-0.05, 0) is 25.5 Å². The van der Waals surface area contributed by atoms with Gasteiger partial charge in [-0.3, -0.25) is 0 Å². The average Bonchev–Trinajstić information content (AvgIpc) is 2.78. The number of aliphatic hydroxyl groups is 1. The van der Waals surface area contributed by atoms with Crippen LogP contribution in [0.5, 0.6) is 0 Å². The van der Waals surface area contributed by atoms with E-state index in [2.05, 4.69) is 24.2 Å². The molecular weight excluding hydrogens is 226 g/mol. The van der Waals surface area contributed by atoms with E-state index in [1.807, 2.05) is 35.0 Å². The summed E-state index contributed by atoms with van der Waals surface area (Å²) in [6.45, 7) is 5.99. The van der Waals surface area contributed by atoms with Gasteiger partial charge < -0.3 is 5.11 Å². The van der Waals surface area contributed by atoms with E-state index in [-0.39, 0.29) is 11.5 Å². The molecule has 0 spiro atoms. The third kappa shape index (κ3) is 2.59. The first-order valence-electron chi connectivity index (χ1n) is 6.15. The molecule has 0 fully saturated rings. The zero-order valence-corrected chi connectivity index (χ0v) is 11.0. The molecule has 2 rings (SSSR count). The van der Waals surface area contributed by atoms with E-state index in [4.69, 9.17) is 0 Å². The van der Waals surface area contributed by atoms with Crippen LogP contribution >= 0.6 is 0 Å². The second-order valence-electron chi connectivity index (χ2n) is 5.30. The molecule has 0 aliphatic carbocycles. The summed E-state index contributed by atoms with van der Waals surface area (Å²) in [6.07, 6.45) is 2.10. The highest BCUT2D eigenvalue weighted by atomic mass is 16.3. The van der Waals surface area contributed by atoms with E-state index in [0.717, 1.165) is 11.4 Å². The minimum atomic E-state index is -0.348. The lowest BCUT2D eigenvalue weighted by Crippen LogP contribution is -2.26. The SMILES string of the molecule is CC(O)CC(C)(C)c1cnnn1-c1ccccc1. The summed E-state index contributed by atoms with van der Waals surface area (Å²) in [5.41, 5.74) is 1.83. The minimum absolute atomic E-state index is 0.173. The molecule has 0 saturated carbocycles. The average molecular weight is 245 g/mol. The maximum absolute atomic E-state index is 9.60. The Hall–Kier alpha value is -1.68. The van der Waals surface area contributed by atoms with E-state index in [0.29, 0.717) is 6.42 Å². The fourth-order valence-corrected chi connectivity index (χ4v) is 2.30. The van der Waals surface area contributed by atoms with Crippen molar-refractivity contribution >= 4 is 0 Å². The fourth-order valence-electron chi connectivity index (χ4n) is 2.30. The van der Waals surface area contributed by atoms with Gasteiger partial charge in [0.05, 0.1) is 23.7 Å². The highest BCUT2D eigenvalue weighted by Gasteiger charge is 2.27. The van der Waals surface area contributed by atoms with Crippen molar-refractivity contribution in [1.82, 2.24) is 15.0 Å². The van der Waals surface area contributed by atoms with Gasteiger partial charge in [-0.2, -0.15) is 0 Å². The lowest BCUT2D eigenvalue weighted by Gasteiger charge is -2.26. The number of hydrogen-bond donors (Lipinski definition) is 1. The molecule has 0 radical (unpaired) electrons. The van der Waals surface area contributed by atoms with Crippen LogP contribution in [0.1, 0.15) is 32.9 Å². The van der Waals surface area contributed by atoms with Crippen molar-refractivity contribution in [2.45, 2.75) is 38.7 Å². The van der Waals surface area contributed by atoms with Crippen molar-refractivity contribution in [2.24, 2.45) is 0 Å². The number of benzene rings is 1. The summed E-state index contributed by atoms with van der Waals surface area (Å²) < 4.78 is 1.84. The molecule has 1 unspecified atom stereocenters. The van der Waals surface area contributed by atoms with E-state index >= 15 is 0 Å². The minimum Gasteiger partial charge on any atom is -0.393 e. The van der Waals surface area contributed by atoms with Gasteiger partial charge >= 0.3 is 0 Å². The molecule has 18 heavy (non-hydrogen) atoms. The van der Waals surface area contributed by atoms with Crippen molar-refractivity contribution in [3.8, 4) is 5.69 Å². The van der Waals surface area contributed by atoms with Crippen LogP contribution in [0.25, 0.3) is 5.69 Å². The molecule has 0 saturated heterocycles. The molecule has 1 aromatic heterocycles. The predicted molar refractivity (Wildman–Crippen MR) is 70.7 cm³/mol. The van der Waals surface area contributed by atoms with Crippen molar-refractivity contribution in [3.63, 3.8) is 0 Å². The van der Waals surface area contributed by atoms with E-state index in [1.54, 1.807) is 13.1 Å². The first-order chi connectivity index (χ1) is 8.50. The quantitative estimate of drug-likeness (QED) is 0.899. The van der Waals surface area contributed by atoms with Crippen LogP contribution < -0.4 is 0 Å². The van der Waals surface area contributed by atoms with Crippen LogP contribution in [0, 0.1) is 0 Å². The van der Waals surface area contributed by atoms with Crippen LogP contribution in [-0.2, 0) is 5.41 Å². The molecular formula is C14H19N3O. The molecule has 1 aromatic carbocycles. The van der Waals surface area contributed by atoms with Crippen LogP contribution in [-0.4, -0.2) is 26.2 Å². The number of aliphatic hydroxyl groups excluding tert-OH is 1. The lowest BCUT2D eigenvalue weighted by molar-refractivity contribution is 0.155. The fraction of sp³-hybridized carbons (Fsp3) is 0.429. The molecule has 4 heteroatoms. The standard InChI is InChI=1S/C14H19N3O/c1-11(18)9-14(2,3)13-10-15-16-17(13)12-7-5-4-6-8-12/h4-8,10-11,18H,9H2,1-3H3. The van der Waals surface area contributed by atoms with E-state index in [9.17, 15) is 5.11 Å². The highest BCUT2D eigenvalue weighted by Crippen LogP contribution is 2.29. The Morgan fingerprint density at radius 2 is 1.94 bits per heavy atom. The van der Waals surface area contributed by atoms with Crippen LogP contribution in [0.2, 0.25) is 0 Å². The van der Waals surface area contributed by atoms with Crippen molar-refractivity contribution in [3.05, 3.63) is 42.2 Å². The number of hydrogen-bond acceptors (Lipinski definition) is 3. The molecule has 0 aliphatic rings. The van der Waals surface area contributed by atoms with Crippen LogP contribution in [0.4, 0.5) is 0 Å². The highest BCUT2D eigenvalue weighted by molar-refractivity contribution is 5.33. The normalized spacial score (nSPS) is 13.6. The second-order valence-corrected chi connectivity index (χ2v) is 5.30. The number of rotatable bonds is 4. The third-order valence-corrected chi connectivity index (χ3v) is 3.05. The van der Waals surface area contributed by atoms with Gasteiger partial charge in [-0.25, -0.2) is 4.68 Å². The van der Waals surface area contributed by atoms with Gasteiger partial charge in [0.1, 0.15) is 0 Å². The third-order valence-electron chi connectivity index (χ3n) is 3.05. The van der Waals surface area contributed by atoms with Gasteiger partial charge in [0.2, 0.25) is 0 Å². The molecule has 0 amide bonds. The number of aromatic nitrogens is 3. The Bertz CT molecular complexity index is 503. The Balaban J connectivity index is 2.39. The number of nitrogens with zero attached hydrogens (tertiary/aromatic N) is 3. The summed E-state index contributed by atoms with van der Waals surface area (Å²) in [4.78, 5) is 0. The molecule has 1 heterocycles. The summed E-state index contributed by atoms with van der Waals surface area (Å²) in [5.74, 6) is 0. The monoisotopic (exact) mass is 245 g/mol. The molecule has 2 aromatic rings. The summed E-state index contributed by atoms with van der Waals surface area (Å²) in [7, 11) is 0. The van der Waals surface area contributed by atoms with Crippen LogP contribution in [0.15, 0.2) is 36.5 Å². The summed E-state index contributed by atoms with van der Waals surface area (Å²) >= 11 is 0. The molecule has 0 bridgehead atoms. The first kappa shape index (κ1) is 12.8. The molecule has 96 valence electrons. The van der Waals surface area contributed by atoms with Crippen molar-refractivity contribution in [1.29, 1.82) is 0 Å². The largest absolute Gasteiger partial charge is 0.393 e. The van der Waals surface area contributed by atoms with Crippen molar-refractivity contribution in [2.75, 3.05) is 0 Å². The Labute approximate surface area is 107 Å². The van der Waals surface area contributed by atoms with E-state index < -0.39 is 0 Å². The zero-order valence-electron chi connectivity index (χ0n) is 11.0. The Morgan fingerprint density at radius 3 is 2.56 bits per heavy atom. The zero-order chi connectivity index (χ0) is 13.2. The lowest BCUT2D eigenvalue weighted by atomic mass is 9.84. The van der Waals surface area contributed by atoms with Gasteiger partial charge in [-0.1, -0.05) is 37.3 Å². The summed E-state index contributed by atoms with van der Waals surface area (Å²) in [6, 6.07) is 9.92. The van der Waals surface area contributed by atoms with Gasteiger partial charge in [0, 0.05) is 5.41 Å². The molecule has 1 atom stereocenters. The van der Waals surface area contributed by atoms with E-state index in [1.165, 1.54) is 0 Å². The van der Waals surface area contributed by atoms with Gasteiger partial charge in [0.25, 0.3) is 0 Å². The predicted octanol–water partition coefficient (Wildman–Crippen LogP) is 2.32. The maximum Gasteiger partial charge on any atom is 0.0735 e. The first-order valence-corrected chi connectivity index (χ1v) is 6.15. The van der Waals surface area contributed by atoms with Crippen molar-refractivity contribution < 1.29 is 5.11 Å². The second kappa shape index (κ2) is 4.90. The molecule has 4 nitrogen and oxygen atoms in total. The maximum atomic E-state index is 9.60. The summed E-state index contributed by atoms with van der Waals surface area (Å²) in [5, 5.41) is 17.7. The molecule has 1 N–H and O–H groups in total. The Kier molecular flexibility index (Phi) is 3.48.